The van der Waals surface area contributed by atoms with Gasteiger partial charge >= 0.3 is 0 Å². The minimum atomic E-state index is -0.563. The molecule has 1 aliphatic rings. The Balaban J connectivity index is 0.00000220. The predicted molar refractivity (Wildman–Crippen MR) is 82.1 cm³/mol. The third-order valence-corrected chi connectivity index (χ3v) is 3.28. The number of ketones is 1. The summed E-state index contributed by atoms with van der Waals surface area (Å²) in [4.78, 5) is 25.4. The smallest absolute Gasteiger partial charge is 0.290 e. The summed E-state index contributed by atoms with van der Waals surface area (Å²) in [6.45, 7) is 3.40. The molecule has 21 heavy (non-hydrogen) atoms. The van der Waals surface area contributed by atoms with Gasteiger partial charge in [0.05, 0.1) is 11.6 Å². The van der Waals surface area contributed by atoms with Crippen molar-refractivity contribution in [2.24, 2.45) is 5.73 Å². The molecule has 0 saturated carbocycles. The first kappa shape index (κ1) is 17.2. The van der Waals surface area contributed by atoms with E-state index < -0.39 is 17.7 Å². The van der Waals surface area contributed by atoms with Gasteiger partial charge in [0.1, 0.15) is 0 Å². The first-order valence-corrected chi connectivity index (χ1v) is 6.49. The number of rotatable bonds is 4. The van der Waals surface area contributed by atoms with E-state index in [2.05, 4.69) is 0 Å². The van der Waals surface area contributed by atoms with Crippen molar-refractivity contribution >= 4 is 24.1 Å². The van der Waals surface area contributed by atoms with Crippen LogP contribution < -0.4 is 5.73 Å². The Hall–Kier alpha value is -1.85. The lowest BCUT2D eigenvalue weighted by atomic mass is 9.96. The van der Waals surface area contributed by atoms with E-state index in [9.17, 15) is 14.7 Å². The second-order valence-corrected chi connectivity index (χ2v) is 5.07. The fourth-order valence-corrected chi connectivity index (χ4v) is 2.49. The molecule has 0 fully saturated rings. The number of hydrogen-bond donors (Lipinski definition) is 2. The van der Waals surface area contributed by atoms with Crippen molar-refractivity contribution in [2.75, 3.05) is 6.54 Å². The van der Waals surface area contributed by atoms with Crippen molar-refractivity contribution < 1.29 is 14.7 Å². The fraction of sp³-hybridized carbons (Fsp3) is 0.333. The van der Waals surface area contributed by atoms with Gasteiger partial charge in [-0.05, 0) is 19.4 Å². The van der Waals surface area contributed by atoms with Crippen molar-refractivity contribution in [2.45, 2.75) is 25.9 Å². The summed E-state index contributed by atoms with van der Waals surface area (Å²) in [5.74, 6) is -1.31. The number of nitrogens with two attached hydrogens (primary N) is 1. The Morgan fingerprint density at radius 1 is 1.38 bits per heavy atom. The van der Waals surface area contributed by atoms with Crippen LogP contribution in [0.2, 0.25) is 0 Å². The van der Waals surface area contributed by atoms with Crippen LogP contribution in [0.4, 0.5) is 0 Å². The van der Waals surface area contributed by atoms with Gasteiger partial charge in [-0.2, -0.15) is 0 Å². The van der Waals surface area contributed by atoms with Crippen molar-refractivity contribution in [3.05, 3.63) is 47.2 Å². The number of Topliss-reactive ketones (excluding diaryl/α,β-unsaturated/α-hetero) is 1. The molecule has 0 radical (unpaired) electrons. The molecule has 114 valence electrons. The minimum Gasteiger partial charge on any atom is -0.503 e. The molecule has 6 heteroatoms. The van der Waals surface area contributed by atoms with Gasteiger partial charge in [-0.3, -0.25) is 9.59 Å². The average Bonchev–Trinajstić information content (AvgIpc) is 2.64. The van der Waals surface area contributed by atoms with E-state index in [1.807, 2.05) is 30.3 Å². The number of aliphatic hydroxyl groups excluding tert-OH is 1. The van der Waals surface area contributed by atoms with E-state index in [-0.39, 0.29) is 36.3 Å². The summed E-state index contributed by atoms with van der Waals surface area (Å²) in [5, 5.41) is 9.97. The summed E-state index contributed by atoms with van der Waals surface area (Å²) in [6, 6.07) is 8.36. The van der Waals surface area contributed by atoms with Crippen LogP contribution in [-0.4, -0.2) is 34.3 Å². The van der Waals surface area contributed by atoms with Crippen LogP contribution in [0, 0.1) is 0 Å². The first-order chi connectivity index (χ1) is 9.43. The molecule has 2 unspecified atom stereocenters. The van der Waals surface area contributed by atoms with Crippen molar-refractivity contribution in [1.29, 1.82) is 0 Å². The molecular formula is C15H19ClN2O3. The molecule has 0 bridgehead atoms. The van der Waals surface area contributed by atoms with Crippen LogP contribution >= 0.6 is 12.4 Å². The second kappa shape index (κ2) is 6.74. The molecule has 5 nitrogen and oxygen atoms in total. The fourth-order valence-electron chi connectivity index (χ4n) is 2.49. The van der Waals surface area contributed by atoms with Crippen LogP contribution in [0.25, 0.3) is 0 Å². The third kappa shape index (κ3) is 3.25. The molecule has 1 aromatic rings. The lowest BCUT2D eigenvalue weighted by Crippen LogP contribution is -2.39. The van der Waals surface area contributed by atoms with Crippen LogP contribution in [0.1, 0.15) is 25.5 Å². The lowest BCUT2D eigenvalue weighted by molar-refractivity contribution is -0.129. The SMILES string of the molecule is CC(=O)C1=C(O)C(=O)N(CC(C)N)C1c1ccccc1.Cl. The lowest BCUT2D eigenvalue weighted by Gasteiger charge is -2.27. The van der Waals surface area contributed by atoms with E-state index in [0.29, 0.717) is 0 Å². The largest absolute Gasteiger partial charge is 0.503 e. The molecular weight excluding hydrogens is 292 g/mol. The van der Waals surface area contributed by atoms with E-state index in [0.717, 1.165) is 5.56 Å². The molecule has 1 aromatic carbocycles. The van der Waals surface area contributed by atoms with Crippen molar-refractivity contribution in [3.63, 3.8) is 0 Å². The number of benzene rings is 1. The number of carbonyl (C=O) groups excluding carboxylic acids is 2. The molecule has 1 amide bonds. The number of nitrogens with zero attached hydrogens (tertiary/aromatic N) is 1. The molecule has 1 heterocycles. The maximum Gasteiger partial charge on any atom is 0.290 e. The summed E-state index contributed by atoms with van der Waals surface area (Å²) >= 11 is 0. The zero-order chi connectivity index (χ0) is 14.9. The Morgan fingerprint density at radius 3 is 2.43 bits per heavy atom. The first-order valence-electron chi connectivity index (χ1n) is 6.49. The highest BCUT2D eigenvalue weighted by atomic mass is 35.5. The van der Waals surface area contributed by atoms with Gasteiger partial charge in [-0.25, -0.2) is 0 Å². The summed E-state index contributed by atoms with van der Waals surface area (Å²) in [6.07, 6.45) is 0. The van der Waals surface area contributed by atoms with E-state index in [1.54, 1.807) is 6.92 Å². The average molecular weight is 311 g/mol. The molecule has 0 saturated heterocycles. The molecule has 0 spiro atoms. The van der Waals surface area contributed by atoms with E-state index in [1.165, 1.54) is 11.8 Å². The van der Waals surface area contributed by atoms with Crippen LogP contribution in [0.5, 0.6) is 0 Å². The molecule has 3 N–H and O–H groups in total. The Bertz CT molecular complexity index is 570. The Morgan fingerprint density at radius 2 is 1.95 bits per heavy atom. The van der Waals surface area contributed by atoms with E-state index in [4.69, 9.17) is 5.73 Å². The van der Waals surface area contributed by atoms with Gasteiger partial charge in [0.2, 0.25) is 0 Å². The van der Waals surface area contributed by atoms with Crippen molar-refractivity contribution in [1.82, 2.24) is 4.90 Å². The number of halogens is 1. The molecule has 2 rings (SSSR count). The standard InChI is InChI=1S/C15H18N2O3.ClH/c1-9(16)8-17-13(11-6-4-3-5-7-11)12(10(2)18)14(19)15(17)20;/h3-7,9,13,19H,8,16H2,1-2H3;1H. The summed E-state index contributed by atoms with van der Waals surface area (Å²) in [7, 11) is 0. The Labute approximate surface area is 129 Å². The molecule has 1 aliphatic heterocycles. The highest BCUT2D eigenvalue weighted by Crippen LogP contribution is 2.37. The highest BCUT2D eigenvalue weighted by molar-refractivity contribution is 6.08. The van der Waals surface area contributed by atoms with Gasteiger partial charge < -0.3 is 15.7 Å². The van der Waals surface area contributed by atoms with Crippen LogP contribution in [0.15, 0.2) is 41.7 Å². The van der Waals surface area contributed by atoms with Crippen LogP contribution in [0.3, 0.4) is 0 Å². The topological polar surface area (TPSA) is 83.6 Å². The normalized spacial score (nSPS) is 19.5. The summed E-state index contributed by atoms with van der Waals surface area (Å²) < 4.78 is 0. The predicted octanol–water partition coefficient (Wildman–Crippen LogP) is 1.74. The van der Waals surface area contributed by atoms with Crippen molar-refractivity contribution in [3.8, 4) is 0 Å². The zero-order valence-electron chi connectivity index (χ0n) is 11.9. The number of carbonyl (C=O) groups is 2. The molecule has 2 atom stereocenters. The number of aliphatic hydroxyl groups is 1. The quantitative estimate of drug-likeness (QED) is 0.887. The number of amides is 1. The highest BCUT2D eigenvalue weighted by Gasteiger charge is 2.42. The van der Waals surface area contributed by atoms with Crippen LogP contribution in [-0.2, 0) is 9.59 Å². The summed E-state index contributed by atoms with van der Waals surface area (Å²) in [5.41, 5.74) is 6.69. The molecule has 0 aromatic heterocycles. The van der Waals surface area contributed by atoms with Gasteiger partial charge in [-0.1, -0.05) is 30.3 Å². The van der Waals surface area contributed by atoms with Gasteiger partial charge in [0.15, 0.2) is 11.5 Å². The van der Waals surface area contributed by atoms with Gasteiger partial charge in [0, 0.05) is 12.6 Å². The monoisotopic (exact) mass is 310 g/mol. The van der Waals surface area contributed by atoms with E-state index >= 15 is 0 Å². The number of hydrogen-bond acceptors (Lipinski definition) is 4. The zero-order valence-corrected chi connectivity index (χ0v) is 12.8. The molecule has 0 aliphatic carbocycles. The van der Waals surface area contributed by atoms with Gasteiger partial charge in [0.25, 0.3) is 5.91 Å². The second-order valence-electron chi connectivity index (χ2n) is 5.07. The minimum absolute atomic E-state index is 0. The maximum atomic E-state index is 12.1. The Kier molecular flexibility index (Phi) is 5.52. The third-order valence-electron chi connectivity index (χ3n) is 3.28. The maximum absolute atomic E-state index is 12.1. The van der Waals surface area contributed by atoms with Gasteiger partial charge in [-0.15, -0.1) is 12.4 Å².